The number of aromatic nitrogens is 2. The molecule has 0 saturated heterocycles. The Balaban J connectivity index is 2.14. The molecule has 0 saturated carbocycles. The van der Waals surface area contributed by atoms with Crippen molar-refractivity contribution in [3.63, 3.8) is 0 Å². The Labute approximate surface area is 114 Å². The molecule has 3 aromatic rings. The SMILES string of the molecule is CC[C@@H](Nc1ncnc2c1oc1ccccc12)C(=O)O. The predicted molar refractivity (Wildman–Crippen MR) is 74.6 cm³/mol. The second-order valence-electron chi connectivity index (χ2n) is 4.44. The number of carbonyl (C=O) groups is 1. The third kappa shape index (κ3) is 1.95. The van der Waals surface area contributed by atoms with Crippen LogP contribution in [0, 0.1) is 0 Å². The molecule has 2 heterocycles. The van der Waals surface area contributed by atoms with Gasteiger partial charge in [0.15, 0.2) is 11.4 Å². The van der Waals surface area contributed by atoms with Gasteiger partial charge in [-0.05, 0) is 18.6 Å². The zero-order valence-corrected chi connectivity index (χ0v) is 10.8. The van der Waals surface area contributed by atoms with Crippen LogP contribution in [0.5, 0.6) is 0 Å². The first-order valence-corrected chi connectivity index (χ1v) is 6.32. The molecule has 20 heavy (non-hydrogen) atoms. The van der Waals surface area contributed by atoms with E-state index in [-0.39, 0.29) is 0 Å². The highest BCUT2D eigenvalue weighted by Gasteiger charge is 2.19. The van der Waals surface area contributed by atoms with Gasteiger partial charge in [0, 0.05) is 5.39 Å². The van der Waals surface area contributed by atoms with Crippen molar-refractivity contribution < 1.29 is 14.3 Å². The van der Waals surface area contributed by atoms with Gasteiger partial charge in [0.2, 0.25) is 0 Å². The molecule has 0 aliphatic carbocycles. The van der Waals surface area contributed by atoms with E-state index in [2.05, 4.69) is 15.3 Å². The van der Waals surface area contributed by atoms with Crippen LogP contribution in [0.4, 0.5) is 5.82 Å². The number of benzene rings is 1. The third-order valence-electron chi connectivity index (χ3n) is 3.18. The number of hydrogen-bond donors (Lipinski definition) is 2. The summed E-state index contributed by atoms with van der Waals surface area (Å²) in [5, 5.41) is 12.9. The molecule has 2 N–H and O–H groups in total. The van der Waals surface area contributed by atoms with Crippen molar-refractivity contribution >= 4 is 33.9 Å². The summed E-state index contributed by atoms with van der Waals surface area (Å²) < 4.78 is 5.73. The monoisotopic (exact) mass is 271 g/mol. The summed E-state index contributed by atoms with van der Waals surface area (Å²) in [6.07, 6.45) is 1.85. The molecule has 102 valence electrons. The molecule has 0 fully saturated rings. The average molecular weight is 271 g/mol. The first kappa shape index (κ1) is 12.4. The number of anilines is 1. The van der Waals surface area contributed by atoms with Crippen LogP contribution in [0.25, 0.3) is 22.1 Å². The first-order chi connectivity index (χ1) is 9.70. The normalized spacial score (nSPS) is 12.7. The molecule has 6 nitrogen and oxygen atoms in total. The van der Waals surface area contributed by atoms with E-state index in [1.807, 2.05) is 24.3 Å². The van der Waals surface area contributed by atoms with Crippen LogP contribution < -0.4 is 5.32 Å². The van der Waals surface area contributed by atoms with Crippen LogP contribution in [0.1, 0.15) is 13.3 Å². The Bertz CT molecular complexity index is 782. The summed E-state index contributed by atoms with van der Waals surface area (Å²) in [7, 11) is 0. The number of fused-ring (bicyclic) bond motifs is 3. The number of furan rings is 1. The van der Waals surface area contributed by atoms with Crippen molar-refractivity contribution in [3.8, 4) is 0 Å². The van der Waals surface area contributed by atoms with Crippen LogP contribution in [-0.2, 0) is 4.79 Å². The largest absolute Gasteiger partial charge is 0.480 e. The molecule has 0 aliphatic rings. The van der Waals surface area contributed by atoms with E-state index in [9.17, 15) is 4.79 Å². The molecule has 6 heteroatoms. The maximum atomic E-state index is 11.1. The summed E-state index contributed by atoms with van der Waals surface area (Å²) in [5.41, 5.74) is 1.86. The number of hydrogen-bond acceptors (Lipinski definition) is 5. The Kier molecular flexibility index (Phi) is 2.98. The number of nitrogens with one attached hydrogen (secondary N) is 1. The lowest BCUT2D eigenvalue weighted by molar-refractivity contribution is -0.137. The molecular weight excluding hydrogens is 258 g/mol. The highest BCUT2D eigenvalue weighted by Crippen LogP contribution is 2.30. The van der Waals surface area contributed by atoms with Crippen LogP contribution in [0.15, 0.2) is 35.0 Å². The molecule has 3 rings (SSSR count). The van der Waals surface area contributed by atoms with Crippen molar-refractivity contribution in [2.75, 3.05) is 5.32 Å². The fraction of sp³-hybridized carbons (Fsp3) is 0.214. The summed E-state index contributed by atoms with van der Waals surface area (Å²) in [6.45, 7) is 1.79. The van der Waals surface area contributed by atoms with Gasteiger partial charge in [-0.15, -0.1) is 0 Å². The number of para-hydroxylation sites is 1. The van der Waals surface area contributed by atoms with Crippen LogP contribution >= 0.6 is 0 Å². The highest BCUT2D eigenvalue weighted by molar-refractivity contribution is 6.05. The van der Waals surface area contributed by atoms with Gasteiger partial charge < -0.3 is 14.8 Å². The standard InChI is InChI=1S/C14H13N3O3/c1-2-9(14(18)19)17-13-12-11(15-7-16-13)8-5-3-4-6-10(8)20-12/h3-7,9H,2H2,1H3,(H,18,19)(H,15,16,17)/t9-/m1/s1. The predicted octanol–water partition coefficient (Wildman–Crippen LogP) is 2.65. The van der Waals surface area contributed by atoms with Gasteiger partial charge in [0.05, 0.1) is 0 Å². The molecule has 2 aromatic heterocycles. The molecule has 0 aliphatic heterocycles. The maximum Gasteiger partial charge on any atom is 0.326 e. The minimum Gasteiger partial charge on any atom is -0.480 e. The van der Waals surface area contributed by atoms with E-state index < -0.39 is 12.0 Å². The van der Waals surface area contributed by atoms with Gasteiger partial charge in [-0.1, -0.05) is 19.1 Å². The average Bonchev–Trinajstić information content (AvgIpc) is 2.84. The quantitative estimate of drug-likeness (QED) is 0.758. The van der Waals surface area contributed by atoms with E-state index in [1.54, 1.807) is 6.92 Å². The summed E-state index contributed by atoms with van der Waals surface area (Å²) >= 11 is 0. The highest BCUT2D eigenvalue weighted by atomic mass is 16.4. The summed E-state index contributed by atoms with van der Waals surface area (Å²) in [4.78, 5) is 19.4. The molecule has 1 atom stereocenters. The molecule has 0 radical (unpaired) electrons. The second kappa shape index (κ2) is 4.80. The van der Waals surface area contributed by atoms with Crippen LogP contribution in [0.3, 0.4) is 0 Å². The Morgan fingerprint density at radius 2 is 2.20 bits per heavy atom. The van der Waals surface area contributed by atoms with E-state index in [0.29, 0.717) is 28.9 Å². The van der Waals surface area contributed by atoms with Crippen molar-refractivity contribution in [3.05, 3.63) is 30.6 Å². The van der Waals surface area contributed by atoms with Gasteiger partial charge in [0.1, 0.15) is 23.5 Å². The zero-order chi connectivity index (χ0) is 14.1. The van der Waals surface area contributed by atoms with Gasteiger partial charge in [-0.2, -0.15) is 0 Å². The third-order valence-corrected chi connectivity index (χ3v) is 3.18. The van der Waals surface area contributed by atoms with Crippen LogP contribution in [0.2, 0.25) is 0 Å². The van der Waals surface area contributed by atoms with Crippen molar-refractivity contribution in [1.82, 2.24) is 9.97 Å². The molecule has 0 bridgehead atoms. The van der Waals surface area contributed by atoms with Crippen molar-refractivity contribution in [1.29, 1.82) is 0 Å². The number of aliphatic carboxylic acids is 1. The van der Waals surface area contributed by atoms with Gasteiger partial charge in [0.25, 0.3) is 0 Å². The maximum absolute atomic E-state index is 11.1. The lowest BCUT2D eigenvalue weighted by Crippen LogP contribution is -2.28. The molecule has 0 unspecified atom stereocenters. The lowest BCUT2D eigenvalue weighted by Gasteiger charge is -2.12. The van der Waals surface area contributed by atoms with E-state index >= 15 is 0 Å². The Hall–Kier alpha value is -2.63. The number of rotatable bonds is 4. The second-order valence-corrected chi connectivity index (χ2v) is 4.44. The van der Waals surface area contributed by atoms with Gasteiger partial charge >= 0.3 is 5.97 Å². The summed E-state index contributed by atoms with van der Waals surface area (Å²) in [6, 6.07) is 6.82. The van der Waals surface area contributed by atoms with Crippen molar-refractivity contribution in [2.45, 2.75) is 19.4 Å². The minimum absolute atomic E-state index is 0.403. The van der Waals surface area contributed by atoms with E-state index in [4.69, 9.17) is 9.52 Å². The fourth-order valence-electron chi connectivity index (χ4n) is 2.13. The van der Waals surface area contributed by atoms with Gasteiger partial charge in [-0.3, -0.25) is 0 Å². The Morgan fingerprint density at radius 1 is 1.40 bits per heavy atom. The first-order valence-electron chi connectivity index (χ1n) is 6.32. The zero-order valence-electron chi connectivity index (χ0n) is 10.8. The molecule has 0 spiro atoms. The van der Waals surface area contributed by atoms with E-state index in [0.717, 1.165) is 5.39 Å². The fourth-order valence-corrected chi connectivity index (χ4v) is 2.13. The molecular formula is C14H13N3O3. The number of carboxylic acid groups (broad SMARTS) is 1. The number of carboxylic acids is 1. The van der Waals surface area contributed by atoms with Crippen LogP contribution in [-0.4, -0.2) is 27.1 Å². The Morgan fingerprint density at radius 3 is 2.95 bits per heavy atom. The minimum atomic E-state index is -0.921. The van der Waals surface area contributed by atoms with Gasteiger partial charge in [-0.25, -0.2) is 14.8 Å². The molecule has 0 amide bonds. The summed E-state index contributed by atoms with van der Waals surface area (Å²) in [5.74, 6) is -0.518. The lowest BCUT2D eigenvalue weighted by atomic mass is 10.2. The van der Waals surface area contributed by atoms with Crippen molar-refractivity contribution in [2.24, 2.45) is 0 Å². The number of nitrogens with zero attached hydrogens (tertiary/aromatic N) is 2. The topological polar surface area (TPSA) is 88.3 Å². The van der Waals surface area contributed by atoms with E-state index in [1.165, 1.54) is 6.33 Å². The smallest absolute Gasteiger partial charge is 0.326 e. The molecule has 1 aromatic carbocycles.